The fraction of sp³-hybridized carbons (Fsp3) is 0.920. The van der Waals surface area contributed by atoms with E-state index in [0.717, 1.165) is 48.9 Å². The van der Waals surface area contributed by atoms with Crippen molar-refractivity contribution in [2.75, 3.05) is 0 Å². The topological polar surface area (TPSA) is 40.5 Å². The summed E-state index contributed by atoms with van der Waals surface area (Å²) < 4.78 is 0. The molecule has 3 saturated carbocycles. The summed E-state index contributed by atoms with van der Waals surface area (Å²) in [5.74, 6) is 4.17. The first-order valence-electron chi connectivity index (χ1n) is 11.8. The zero-order chi connectivity index (χ0) is 19.4. The molecule has 154 valence electrons. The third-order valence-electron chi connectivity index (χ3n) is 9.88. The predicted molar refractivity (Wildman–Crippen MR) is 111 cm³/mol. The van der Waals surface area contributed by atoms with Crippen LogP contribution in [0, 0.1) is 40.4 Å². The normalized spacial score (nSPS) is 48.8. The van der Waals surface area contributed by atoms with Crippen LogP contribution in [-0.2, 0) is 0 Å². The minimum atomic E-state index is -0.156. The van der Waals surface area contributed by atoms with Crippen LogP contribution in [0.1, 0.15) is 91.9 Å². The molecule has 2 heteroatoms. The van der Waals surface area contributed by atoms with Crippen molar-refractivity contribution >= 4 is 0 Å². The van der Waals surface area contributed by atoms with E-state index in [4.69, 9.17) is 0 Å². The van der Waals surface area contributed by atoms with Gasteiger partial charge in [0.1, 0.15) is 0 Å². The Hall–Kier alpha value is -0.340. The summed E-state index contributed by atoms with van der Waals surface area (Å²) in [7, 11) is 0. The minimum absolute atomic E-state index is 0.0969. The smallest absolute Gasteiger partial charge is 0.0577 e. The SMILES string of the molecule is CC(O)CC[C@@H](C)C1CC[C@H]2[C@@H]3CC=C4C[C@@H](O)CC[C@]4(C)[C@H]3CC[C@]12C. The molecule has 9 atom stereocenters. The lowest BCUT2D eigenvalue weighted by molar-refractivity contribution is -0.0577. The van der Waals surface area contributed by atoms with E-state index in [0.29, 0.717) is 10.8 Å². The Labute approximate surface area is 166 Å². The standard InChI is InChI=1S/C25H42O2/c1-16(5-6-17(2)26)21-9-10-22-20-8-7-18-15-19(27)11-13-24(18,3)23(20)12-14-25(21,22)4/h7,16-17,19-23,26-27H,5-6,8-15H2,1-4H3/t16-,17?,19+,20+,21?,22+,23+,24+,25-/m1/s1. The highest BCUT2D eigenvalue weighted by Gasteiger charge is 2.59. The zero-order valence-electron chi connectivity index (χ0n) is 18.1. The van der Waals surface area contributed by atoms with Gasteiger partial charge in [-0.2, -0.15) is 0 Å². The molecule has 0 radical (unpaired) electrons. The summed E-state index contributed by atoms with van der Waals surface area (Å²) in [6.07, 6.45) is 14.4. The average molecular weight is 375 g/mol. The van der Waals surface area contributed by atoms with Gasteiger partial charge >= 0.3 is 0 Å². The van der Waals surface area contributed by atoms with E-state index in [-0.39, 0.29) is 12.2 Å². The Balaban J connectivity index is 1.53. The molecule has 0 heterocycles. The second kappa shape index (κ2) is 7.17. The molecule has 0 aliphatic heterocycles. The second-order valence-corrected chi connectivity index (χ2v) is 11.3. The average Bonchev–Trinajstić information content (AvgIpc) is 2.97. The molecule has 27 heavy (non-hydrogen) atoms. The molecule has 0 spiro atoms. The van der Waals surface area contributed by atoms with Gasteiger partial charge in [0.25, 0.3) is 0 Å². The first kappa shape index (κ1) is 20.0. The molecule has 0 saturated heterocycles. The molecule has 2 nitrogen and oxygen atoms in total. The third kappa shape index (κ3) is 3.23. The molecule has 2 unspecified atom stereocenters. The largest absolute Gasteiger partial charge is 0.393 e. The maximum Gasteiger partial charge on any atom is 0.0577 e. The fourth-order valence-corrected chi connectivity index (χ4v) is 8.32. The lowest BCUT2D eigenvalue weighted by Crippen LogP contribution is -2.50. The summed E-state index contributed by atoms with van der Waals surface area (Å²) >= 11 is 0. The van der Waals surface area contributed by atoms with Crippen molar-refractivity contribution in [3.8, 4) is 0 Å². The number of hydrogen-bond donors (Lipinski definition) is 2. The lowest BCUT2D eigenvalue weighted by atomic mass is 9.47. The van der Waals surface area contributed by atoms with E-state index < -0.39 is 0 Å². The Morgan fingerprint density at radius 1 is 1.04 bits per heavy atom. The van der Waals surface area contributed by atoms with Gasteiger partial charge in [0.2, 0.25) is 0 Å². The van der Waals surface area contributed by atoms with E-state index in [9.17, 15) is 10.2 Å². The van der Waals surface area contributed by atoms with E-state index in [1.807, 2.05) is 6.92 Å². The molecular weight excluding hydrogens is 332 g/mol. The number of allylic oxidation sites excluding steroid dienone is 1. The molecule has 0 aromatic carbocycles. The fourth-order valence-electron chi connectivity index (χ4n) is 8.32. The highest BCUT2D eigenvalue weighted by molar-refractivity contribution is 5.25. The van der Waals surface area contributed by atoms with E-state index in [2.05, 4.69) is 26.8 Å². The number of fused-ring (bicyclic) bond motifs is 5. The van der Waals surface area contributed by atoms with Crippen LogP contribution in [0.3, 0.4) is 0 Å². The molecular formula is C25H42O2. The monoisotopic (exact) mass is 374 g/mol. The summed E-state index contributed by atoms with van der Waals surface area (Å²) in [6.45, 7) is 9.54. The van der Waals surface area contributed by atoms with Crippen LogP contribution >= 0.6 is 0 Å². The molecule has 3 fully saturated rings. The molecule has 2 N–H and O–H groups in total. The van der Waals surface area contributed by atoms with Crippen LogP contribution in [0.5, 0.6) is 0 Å². The predicted octanol–water partition coefficient (Wildman–Crippen LogP) is 5.72. The minimum Gasteiger partial charge on any atom is -0.393 e. The van der Waals surface area contributed by atoms with Crippen LogP contribution in [0.25, 0.3) is 0 Å². The lowest BCUT2D eigenvalue weighted by Gasteiger charge is -2.58. The van der Waals surface area contributed by atoms with Crippen molar-refractivity contribution in [3.63, 3.8) is 0 Å². The maximum absolute atomic E-state index is 10.2. The van der Waals surface area contributed by atoms with Gasteiger partial charge in [-0.1, -0.05) is 32.4 Å². The zero-order valence-corrected chi connectivity index (χ0v) is 18.1. The van der Waals surface area contributed by atoms with Crippen molar-refractivity contribution < 1.29 is 10.2 Å². The Bertz CT molecular complexity index is 581. The van der Waals surface area contributed by atoms with Crippen LogP contribution in [-0.4, -0.2) is 22.4 Å². The van der Waals surface area contributed by atoms with Gasteiger partial charge in [0.15, 0.2) is 0 Å². The highest BCUT2D eigenvalue weighted by atomic mass is 16.3. The van der Waals surface area contributed by atoms with Crippen LogP contribution < -0.4 is 0 Å². The van der Waals surface area contributed by atoms with Crippen molar-refractivity contribution in [1.82, 2.24) is 0 Å². The van der Waals surface area contributed by atoms with Crippen molar-refractivity contribution in [3.05, 3.63) is 11.6 Å². The first-order chi connectivity index (χ1) is 12.8. The van der Waals surface area contributed by atoms with Gasteiger partial charge in [0.05, 0.1) is 12.2 Å². The summed E-state index contributed by atoms with van der Waals surface area (Å²) in [6, 6.07) is 0. The van der Waals surface area contributed by atoms with Gasteiger partial charge in [-0.15, -0.1) is 0 Å². The number of rotatable bonds is 4. The Kier molecular flexibility index (Phi) is 5.30. The van der Waals surface area contributed by atoms with E-state index in [1.165, 1.54) is 44.9 Å². The highest BCUT2D eigenvalue weighted by Crippen LogP contribution is 2.67. The summed E-state index contributed by atoms with van der Waals surface area (Å²) in [5.41, 5.74) is 2.46. The van der Waals surface area contributed by atoms with E-state index in [1.54, 1.807) is 5.57 Å². The Morgan fingerprint density at radius 3 is 2.56 bits per heavy atom. The summed E-state index contributed by atoms with van der Waals surface area (Å²) in [5, 5.41) is 19.9. The number of hydrogen-bond acceptors (Lipinski definition) is 2. The molecule has 0 amide bonds. The van der Waals surface area contributed by atoms with Crippen LogP contribution in [0.15, 0.2) is 11.6 Å². The number of aliphatic hydroxyl groups is 2. The van der Waals surface area contributed by atoms with Gasteiger partial charge in [-0.25, -0.2) is 0 Å². The van der Waals surface area contributed by atoms with Gasteiger partial charge < -0.3 is 10.2 Å². The number of aliphatic hydroxyl groups excluding tert-OH is 2. The summed E-state index contributed by atoms with van der Waals surface area (Å²) in [4.78, 5) is 0. The molecule has 4 aliphatic rings. The molecule has 4 rings (SSSR count). The molecule has 4 aliphatic carbocycles. The molecule has 0 aromatic heterocycles. The van der Waals surface area contributed by atoms with Crippen molar-refractivity contribution in [2.24, 2.45) is 40.4 Å². The van der Waals surface area contributed by atoms with Crippen LogP contribution in [0.2, 0.25) is 0 Å². The molecule has 0 aromatic rings. The van der Waals surface area contributed by atoms with Gasteiger partial charge in [0, 0.05) is 0 Å². The second-order valence-electron chi connectivity index (χ2n) is 11.3. The van der Waals surface area contributed by atoms with Crippen molar-refractivity contribution in [2.45, 2.75) is 104 Å². The quantitative estimate of drug-likeness (QED) is 0.618. The first-order valence-corrected chi connectivity index (χ1v) is 11.8. The van der Waals surface area contributed by atoms with Crippen LogP contribution in [0.4, 0.5) is 0 Å². The third-order valence-corrected chi connectivity index (χ3v) is 9.88. The van der Waals surface area contributed by atoms with Crippen molar-refractivity contribution in [1.29, 1.82) is 0 Å². The van der Waals surface area contributed by atoms with E-state index >= 15 is 0 Å². The molecule has 0 bridgehead atoms. The maximum atomic E-state index is 10.2. The van der Waals surface area contributed by atoms with Gasteiger partial charge in [-0.05, 0) is 112 Å². The Morgan fingerprint density at radius 2 is 1.81 bits per heavy atom. The van der Waals surface area contributed by atoms with Gasteiger partial charge in [-0.3, -0.25) is 0 Å².